The van der Waals surface area contributed by atoms with Gasteiger partial charge in [-0.25, -0.2) is 4.99 Å². The number of para-hydroxylation sites is 1. The van der Waals surface area contributed by atoms with Crippen LogP contribution < -0.4 is 0 Å². The van der Waals surface area contributed by atoms with E-state index in [1.807, 2.05) is 48.5 Å². The Kier molecular flexibility index (Phi) is 3.59. The van der Waals surface area contributed by atoms with E-state index in [0.717, 1.165) is 11.3 Å². The predicted octanol–water partition coefficient (Wildman–Crippen LogP) is 4.09. The minimum absolute atomic E-state index is 0.543. The average molecular weight is 240 g/mol. The van der Waals surface area contributed by atoms with Gasteiger partial charge >= 0.3 is 0 Å². The number of hydrogen-bond donors (Lipinski definition) is 0. The lowest BCUT2D eigenvalue weighted by Gasteiger charge is -2.02. The Morgan fingerprint density at radius 3 is 2.29 bits per heavy atom. The molecule has 82 valence electrons. The lowest BCUT2D eigenvalue weighted by Crippen LogP contribution is -1.97. The summed E-state index contributed by atoms with van der Waals surface area (Å²) in [6.45, 7) is 0. The highest BCUT2D eigenvalue weighted by Gasteiger charge is 2.04. The van der Waals surface area contributed by atoms with Crippen LogP contribution in [-0.2, 0) is 0 Å². The maximum Gasteiger partial charge on any atom is 0.122 e. The first kappa shape index (κ1) is 11.4. The summed E-state index contributed by atoms with van der Waals surface area (Å²) in [7, 11) is 0. The van der Waals surface area contributed by atoms with Gasteiger partial charge in [0.05, 0.1) is 10.7 Å². The Balaban J connectivity index is 2.46. The van der Waals surface area contributed by atoms with E-state index in [4.69, 9.17) is 18.0 Å². The van der Waals surface area contributed by atoms with Crippen LogP contribution in [0.2, 0.25) is 5.02 Å². The largest absolute Gasteiger partial charge is 0.239 e. The third-order valence-corrected chi connectivity index (χ3v) is 2.59. The molecule has 0 spiro atoms. The molecule has 0 atom stereocenters. The van der Waals surface area contributed by atoms with Crippen LogP contribution in [0.15, 0.2) is 59.6 Å². The molecule has 0 N–H and O–H groups in total. The van der Waals surface area contributed by atoms with Gasteiger partial charge < -0.3 is 0 Å². The van der Waals surface area contributed by atoms with Gasteiger partial charge in [0.25, 0.3) is 0 Å². The zero-order valence-corrected chi connectivity index (χ0v) is 9.85. The molecule has 0 fully saturated rings. The first-order valence-electron chi connectivity index (χ1n) is 5.16. The smallest absolute Gasteiger partial charge is 0.122 e. The summed E-state index contributed by atoms with van der Waals surface area (Å²) in [4.78, 5) is 4.40. The van der Waals surface area contributed by atoms with Crippen LogP contribution in [0, 0.1) is 12.3 Å². The Hall–Kier alpha value is -2.04. The standard InChI is InChI=1S/C15H10ClN/c1-2-15(13-10-6-7-11-14(13)16)17-12-8-4-3-5-9-12/h1,3-11H. The van der Waals surface area contributed by atoms with Gasteiger partial charge in [0.15, 0.2) is 0 Å². The molecule has 0 aliphatic carbocycles. The molecule has 0 aliphatic rings. The summed E-state index contributed by atoms with van der Waals surface area (Å²) in [5, 5.41) is 0.611. The van der Waals surface area contributed by atoms with Gasteiger partial charge in [0.1, 0.15) is 5.71 Å². The van der Waals surface area contributed by atoms with Gasteiger partial charge in [-0.1, -0.05) is 48.0 Å². The molecule has 2 heteroatoms. The summed E-state index contributed by atoms with van der Waals surface area (Å²) < 4.78 is 0. The summed E-state index contributed by atoms with van der Waals surface area (Å²) in [6, 6.07) is 17.0. The fourth-order valence-corrected chi connectivity index (χ4v) is 1.68. The van der Waals surface area contributed by atoms with Gasteiger partial charge in [-0.2, -0.15) is 0 Å². The van der Waals surface area contributed by atoms with Crippen LogP contribution >= 0.6 is 11.6 Å². The van der Waals surface area contributed by atoms with E-state index in [9.17, 15) is 0 Å². The van der Waals surface area contributed by atoms with Gasteiger partial charge in [-0.05, 0) is 24.1 Å². The van der Waals surface area contributed by atoms with Crippen LogP contribution in [0.4, 0.5) is 5.69 Å². The van der Waals surface area contributed by atoms with Crippen molar-refractivity contribution in [1.29, 1.82) is 0 Å². The molecule has 0 saturated carbocycles. The van der Waals surface area contributed by atoms with Crippen LogP contribution in [-0.4, -0.2) is 5.71 Å². The Bertz CT molecular complexity index is 579. The number of rotatable bonds is 2. The van der Waals surface area contributed by atoms with Crippen LogP contribution in [0.5, 0.6) is 0 Å². The van der Waals surface area contributed by atoms with E-state index in [-0.39, 0.29) is 0 Å². The summed E-state index contributed by atoms with van der Waals surface area (Å²) in [5.74, 6) is 2.57. The lowest BCUT2D eigenvalue weighted by atomic mass is 10.1. The number of hydrogen-bond acceptors (Lipinski definition) is 1. The van der Waals surface area contributed by atoms with E-state index >= 15 is 0 Å². The Morgan fingerprint density at radius 2 is 1.65 bits per heavy atom. The highest BCUT2D eigenvalue weighted by atomic mass is 35.5. The average Bonchev–Trinajstić information content (AvgIpc) is 2.38. The molecule has 0 amide bonds. The molecular weight excluding hydrogens is 230 g/mol. The summed E-state index contributed by atoms with van der Waals surface area (Å²) >= 11 is 6.09. The molecule has 2 aromatic rings. The van der Waals surface area contributed by atoms with Gasteiger partial charge in [-0.15, -0.1) is 6.42 Å². The fraction of sp³-hybridized carbons (Fsp3) is 0. The molecule has 2 aromatic carbocycles. The molecule has 0 aromatic heterocycles. The molecule has 1 nitrogen and oxygen atoms in total. The summed E-state index contributed by atoms with van der Waals surface area (Å²) in [6.07, 6.45) is 5.48. The molecule has 2 rings (SSSR count). The lowest BCUT2D eigenvalue weighted by molar-refractivity contribution is 1.51. The zero-order valence-electron chi connectivity index (χ0n) is 9.10. The second-order valence-corrected chi connectivity index (χ2v) is 3.83. The third-order valence-electron chi connectivity index (χ3n) is 2.26. The molecular formula is C15H10ClN. The molecule has 0 unspecified atom stereocenters. The highest BCUT2D eigenvalue weighted by molar-refractivity contribution is 6.35. The van der Waals surface area contributed by atoms with Crippen molar-refractivity contribution < 1.29 is 0 Å². The number of benzene rings is 2. The van der Waals surface area contributed by atoms with Crippen LogP contribution in [0.3, 0.4) is 0 Å². The van der Waals surface area contributed by atoms with E-state index < -0.39 is 0 Å². The van der Waals surface area contributed by atoms with Crippen molar-refractivity contribution in [2.24, 2.45) is 4.99 Å². The first-order valence-corrected chi connectivity index (χ1v) is 5.54. The van der Waals surface area contributed by atoms with E-state index in [2.05, 4.69) is 10.9 Å². The maximum absolute atomic E-state index is 6.09. The van der Waals surface area contributed by atoms with Gasteiger partial charge in [0, 0.05) is 5.56 Å². The summed E-state index contributed by atoms with van der Waals surface area (Å²) in [5.41, 5.74) is 2.14. The number of halogens is 1. The predicted molar refractivity (Wildman–Crippen MR) is 72.9 cm³/mol. The second-order valence-electron chi connectivity index (χ2n) is 3.42. The van der Waals surface area contributed by atoms with Gasteiger partial charge in [0.2, 0.25) is 0 Å². The van der Waals surface area contributed by atoms with E-state index in [1.54, 1.807) is 6.07 Å². The Labute approximate surface area is 106 Å². The van der Waals surface area contributed by atoms with Crippen molar-refractivity contribution in [1.82, 2.24) is 0 Å². The molecule has 0 aliphatic heterocycles. The molecule has 17 heavy (non-hydrogen) atoms. The SMILES string of the molecule is C#CC(=Nc1ccccc1)c1ccccc1Cl. The third kappa shape index (κ3) is 2.75. The quantitative estimate of drug-likeness (QED) is 0.553. The second kappa shape index (κ2) is 5.34. The fourth-order valence-electron chi connectivity index (χ4n) is 1.46. The van der Waals surface area contributed by atoms with Crippen LogP contribution in [0.25, 0.3) is 0 Å². The van der Waals surface area contributed by atoms with Gasteiger partial charge in [-0.3, -0.25) is 0 Å². The van der Waals surface area contributed by atoms with Crippen LogP contribution in [0.1, 0.15) is 5.56 Å². The van der Waals surface area contributed by atoms with E-state index in [0.29, 0.717) is 10.7 Å². The van der Waals surface area contributed by atoms with Crippen molar-refractivity contribution >= 4 is 23.0 Å². The molecule has 0 bridgehead atoms. The zero-order chi connectivity index (χ0) is 12.1. The molecule has 0 saturated heterocycles. The molecule has 0 radical (unpaired) electrons. The first-order chi connectivity index (χ1) is 8.31. The topological polar surface area (TPSA) is 12.4 Å². The monoisotopic (exact) mass is 239 g/mol. The minimum atomic E-state index is 0.543. The van der Waals surface area contributed by atoms with Crippen molar-refractivity contribution in [3.05, 3.63) is 65.2 Å². The Morgan fingerprint density at radius 1 is 1.00 bits per heavy atom. The number of terminal acetylenes is 1. The van der Waals surface area contributed by atoms with Crippen molar-refractivity contribution in [3.63, 3.8) is 0 Å². The van der Waals surface area contributed by atoms with Crippen molar-refractivity contribution in [2.75, 3.05) is 0 Å². The van der Waals surface area contributed by atoms with Crippen molar-refractivity contribution in [2.45, 2.75) is 0 Å². The number of nitrogens with zero attached hydrogens (tertiary/aromatic N) is 1. The van der Waals surface area contributed by atoms with E-state index in [1.165, 1.54) is 0 Å². The highest BCUT2D eigenvalue weighted by Crippen LogP contribution is 2.19. The van der Waals surface area contributed by atoms with Crippen molar-refractivity contribution in [3.8, 4) is 12.3 Å². The maximum atomic E-state index is 6.09. The molecule has 0 heterocycles. The minimum Gasteiger partial charge on any atom is -0.239 e. The normalized spacial score (nSPS) is 10.9. The number of aliphatic imine (C=N–C) groups is 1.